The Balaban J connectivity index is 1.62. The summed E-state index contributed by atoms with van der Waals surface area (Å²) in [6.07, 6.45) is 0. The minimum absolute atomic E-state index is 0.653. The highest BCUT2D eigenvalue weighted by atomic mass is 16.5. The first-order chi connectivity index (χ1) is 12.3. The van der Waals surface area contributed by atoms with E-state index in [0.29, 0.717) is 22.9 Å². The Bertz CT molecular complexity index is 1010. The number of fused-ring (bicyclic) bond motifs is 1. The normalized spacial score (nSPS) is 10.6. The highest BCUT2D eigenvalue weighted by Gasteiger charge is 2.07. The number of nitrogen functional groups attached to an aromatic ring is 1. The molecular formula is C22H17NO2. The van der Waals surface area contributed by atoms with Crippen LogP contribution in [0.2, 0.25) is 0 Å². The van der Waals surface area contributed by atoms with E-state index in [1.54, 1.807) is 0 Å². The zero-order valence-electron chi connectivity index (χ0n) is 13.6. The smallest absolute Gasteiger partial charge is 0.169 e. The molecule has 3 nitrogen and oxygen atoms in total. The monoisotopic (exact) mass is 327 g/mol. The number of para-hydroxylation sites is 2. The summed E-state index contributed by atoms with van der Waals surface area (Å²) >= 11 is 0. The van der Waals surface area contributed by atoms with Crippen molar-refractivity contribution >= 4 is 16.5 Å². The van der Waals surface area contributed by atoms with Gasteiger partial charge >= 0.3 is 0 Å². The molecule has 0 aliphatic heterocycles. The predicted octanol–water partition coefficient (Wildman–Crippen LogP) is 6.01. The van der Waals surface area contributed by atoms with Gasteiger partial charge in [0.25, 0.3) is 0 Å². The predicted molar refractivity (Wildman–Crippen MR) is 101 cm³/mol. The average molecular weight is 327 g/mol. The molecule has 0 saturated heterocycles. The Morgan fingerprint density at radius 2 is 1.08 bits per heavy atom. The van der Waals surface area contributed by atoms with E-state index in [4.69, 9.17) is 15.2 Å². The first-order valence-electron chi connectivity index (χ1n) is 8.07. The molecular weight excluding hydrogens is 310 g/mol. The Morgan fingerprint density at radius 1 is 0.520 bits per heavy atom. The van der Waals surface area contributed by atoms with Gasteiger partial charge in [0.05, 0.1) is 0 Å². The third kappa shape index (κ3) is 3.40. The van der Waals surface area contributed by atoms with Crippen molar-refractivity contribution in [3.8, 4) is 23.0 Å². The Labute approximate surface area is 146 Å². The Hall–Kier alpha value is -3.46. The summed E-state index contributed by atoms with van der Waals surface area (Å²) in [5.41, 5.74) is 6.42. The SMILES string of the molecule is Nc1ccc(Oc2ccccc2Oc2ccc3ccccc3c2)cc1. The third-order valence-electron chi connectivity index (χ3n) is 3.91. The van der Waals surface area contributed by atoms with Gasteiger partial charge in [0.2, 0.25) is 0 Å². The third-order valence-corrected chi connectivity index (χ3v) is 3.91. The Kier molecular flexibility index (Phi) is 3.97. The number of hydrogen-bond donors (Lipinski definition) is 1. The van der Waals surface area contributed by atoms with Crippen LogP contribution in [0.3, 0.4) is 0 Å². The molecule has 0 aliphatic rings. The van der Waals surface area contributed by atoms with Crippen molar-refractivity contribution in [2.75, 3.05) is 5.73 Å². The fraction of sp³-hybridized carbons (Fsp3) is 0. The second kappa shape index (κ2) is 6.57. The van der Waals surface area contributed by atoms with Crippen molar-refractivity contribution in [3.05, 3.63) is 91.0 Å². The van der Waals surface area contributed by atoms with Gasteiger partial charge in [-0.25, -0.2) is 0 Å². The van der Waals surface area contributed by atoms with Gasteiger partial charge in [0.1, 0.15) is 11.5 Å². The van der Waals surface area contributed by atoms with Crippen LogP contribution in [-0.2, 0) is 0 Å². The van der Waals surface area contributed by atoms with Crippen LogP contribution in [0.1, 0.15) is 0 Å². The molecule has 0 atom stereocenters. The first kappa shape index (κ1) is 15.1. The van der Waals surface area contributed by atoms with Crippen LogP contribution >= 0.6 is 0 Å². The molecule has 25 heavy (non-hydrogen) atoms. The highest BCUT2D eigenvalue weighted by molar-refractivity contribution is 5.83. The van der Waals surface area contributed by atoms with Crippen LogP contribution < -0.4 is 15.2 Å². The van der Waals surface area contributed by atoms with E-state index in [1.807, 2.05) is 78.9 Å². The molecule has 4 rings (SSSR count). The minimum atomic E-state index is 0.653. The van der Waals surface area contributed by atoms with Gasteiger partial charge in [-0.3, -0.25) is 0 Å². The molecule has 0 radical (unpaired) electrons. The second-order valence-electron chi connectivity index (χ2n) is 5.73. The summed E-state index contributed by atoms with van der Waals surface area (Å²) in [7, 11) is 0. The number of rotatable bonds is 4. The van der Waals surface area contributed by atoms with Crippen molar-refractivity contribution < 1.29 is 9.47 Å². The van der Waals surface area contributed by atoms with E-state index in [-0.39, 0.29) is 0 Å². The maximum Gasteiger partial charge on any atom is 0.169 e. The van der Waals surface area contributed by atoms with Gasteiger partial charge < -0.3 is 15.2 Å². The van der Waals surface area contributed by atoms with E-state index in [1.165, 1.54) is 5.39 Å². The lowest BCUT2D eigenvalue weighted by Crippen LogP contribution is -1.91. The van der Waals surface area contributed by atoms with Gasteiger partial charge in [-0.15, -0.1) is 0 Å². The van der Waals surface area contributed by atoms with E-state index in [9.17, 15) is 0 Å². The van der Waals surface area contributed by atoms with Gasteiger partial charge in [0.15, 0.2) is 11.5 Å². The van der Waals surface area contributed by atoms with Crippen molar-refractivity contribution in [2.45, 2.75) is 0 Å². The topological polar surface area (TPSA) is 44.5 Å². The zero-order valence-corrected chi connectivity index (χ0v) is 13.6. The molecule has 2 N–H and O–H groups in total. The lowest BCUT2D eigenvalue weighted by molar-refractivity contribution is 0.419. The number of ether oxygens (including phenoxy) is 2. The lowest BCUT2D eigenvalue weighted by Gasteiger charge is -2.12. The van der Waals surface area contributed by atoms with Crippen molar-refractivity contribution in [2.24, 2.45) is 0 Å². The fourth-order valence-corrected chi connectivity index (χ4v) is 2.64. The number of anilines is 1. The van der Waals surface area contributed by atoms with E-state index < -0.39 is 0 Å². The summed E-state index contributed by atoms with van der Waals surface area (Å²) in [5, 5.41) is 2.32. The van der Waals surface area contributed by atoms with Crippen LogP contribution in [-0.4, -0.2) is 0 Å². The summed E-state index contributed by atoms with van der Waals surface area (Å²) < 4.78 is 12.0. The number of nitrogens with two attached hydrogens (primary N) is 1. The van der Waals surface area contributed by atoms with E-state index in [0.717, 1.165) is 11.1 Å². The van der Waals surface area contributed by atoms with Gasteiger partial charge in [-0.1, -0.05) is 42.5 Å². The van der Waals surface area contributed by atoms with E-state index >= 15 is 0 Å². The molecule has 0 saturated carbocycles. The molecule has 0 spiro atoms. The van der Waals surface area contributed by atoms with Crippen LogP contribution in [0.15, 0.2) is 91.0 Å². The standard InChI is InChI=1S/C22H17NO2/c23-18-10-13-19(14-11-18)24-21-7-3-4-8-22(21)25-20-12-9-16-5-1-2-6-17(16)15-20/h1-15H,23H2. The molecule has 4 aromatic carbocycles. The van der Waals surface area contributed by atoms with Crippen LogP contribution in [0.4, 0.5) is 5.69 Å². The molecule has 3 heteroatoms. The van der Waals surface area contributed by atoms with E-state index in [2.05, 4.69) is 12.1 Å². The second-order valence-corrected chi connectivity index (χ2v) is 5.73. The van der Waals surface area contributed by atoms with Crippen LogP contribution in [0.25, 0.3) is 10.8 Å². The van der Waals surface area contributed by atoms with Gasteiger partial charge in [-0.05, 0) is 59.3 Å². The number of benzene rings is 4. The molecule has 0 bridgehead atoms. The summed E-state index contributed by atoms with van der Waals surface area (Å²) in [6.45, 7) is 0. The van der Waals surface area contributed by atoms with Crippen LogP contribution in [0, 0.1) is 0 Å². The minimum Gasteiger partial charge on any atom is -0.453 e. The molecule has 4 aromatic rings. The molecule has 0 aliphatic carbocycles. The maximum atomic E-state index is 6.06. The summed E-state index contributed by atoms with van der Waals surface area (Å²) in [6, 6.07) is 29.1. The maximum absolute atomic E-state index is 6.06. The summed E-state index contributed by atoms with van der Waals surface area (Å²) in [4.78, 5) is 0. The van der Waals surface area contributed by atoms with Crippen molar-refractivity contribution in [1.82, 2.24) is 0 Å². The molecule has 0 amide bonds. The molecule has 0 fully saturated rings. The van der Waals surface area contributed by atoms with Gasteiger partial charge in [-0.2, -0.15) is 0 Å². The molecule has 0 heterocycles. The zero-order chi connectivity index (χ0) is 17.1. The first-order valence-corrected chi connectivity index (χ1v) is 8.07. The fourth-order valence-electron chi connectivity index (χ4n) is 2.64. The van der Waals surface area contributed by atoms with Crippen LogP contribution in [0.5, 0.6) is 23.0 Å². The number of hydrogen-bond acceptors (Lipinski definition) is 3. The molecule has 122 valence electrons. The van der Waals surface area contributed by atoms with Gasteiger partial charge in [0, 0.05) is 5.69 Å². The largest absolute Gasteiger partial charge is 0.453 e. The quantitative estimate of drug-likeness (QED) is 0.467. The lowest BCUT2D eigenvalue weighted by atomic mass is 10.1. The molecule has 0 aromatic heterocycles. The highest BCUT2D eigenvalue weighted by Crippen LogP contribution is 2.35. The van der Waals surface area contributed by atoms with Crippen molar-refractivity contribution in [3.63, 3.8) is 0 Å². The molecule has 0 unspecified atom stereocenters. The summed E-state index contributed by atoms with van der Waals surface area (Å²) in [5.74, 6) is 2.80. The van der Waals surface area contributed by atoms with Crippen molar-refractivity contribution in [1.29, 1.82) is 0 Å². The average Bonchev–Trinajstić information content (AvgIpc) is 2.65. The Morgan fingerprint density at radius 3 is 1.80 bits per heavy atom.